The van der Waals surface area contributed by atoms with Crippen LogP contribution in [-0.2, 0) is 20.9 Å². The van der Waals surface area contributed by atoms with E-state index in [1.807, 2.05) is 30.3 Å². The lowest BCUT2D eigenvalue weighted by atomic mass is 10.1. The van der Waals surface area contributed by atoms with Gasteiger partial charge in [-0.1, -0.05) is 30.3 Å². The van der Waals surface area contributed by atoms with Gasteiger partial charge in [-0.25, -0.2) is 0 Å². The third kappa shape index (κ3) is 4.97. The summed E-state index contributed by atoms with van der Waals surface area (Å²) in [5.41, 5.74) is 0.965. The van der Waals surface area contributed by atoms with Crippen LogP contribution in [0.5, 0.6) is 0 Å². The minimum atomic E-state index is -1.06. The van der Waals surface area contributed by atoms with E-state index in [4.69, 9.17) is 9.84 Å². The van der Waals surface area contributed by atoms with Crippen LogP contribution in [-0.4, -0.2) is 29.7 Å². The van der Waals surface area contributed by atoms with Gasteiger partial charge in [0, 0.05) is 6.54 Å². The predicted octanol–water partition coefficient (Wildman–Crippen LogP) is 1.18. The zero-order valence-electron chi connectivity index (χ0n) is 10.3. The van der Waals surface area contributed by atoms with Crippen molar-refractivity contribution in [1.29, 1.82) is 0 Å². The third-order valence-corrected chi connectivity index (χ3v) is 2.37. The number of carboxylic acids is 1. The number of ether oxygens (including phenoxy) is 1. The number of carbonyl (C=O) groups excluding carboxylic acids is 1. The number of benzene rings is 1. The molecule has 0 bridgehead atoms. The first-order valence-corrected chi connectivity index (χ1v) is 5.79. The van der Waals surface area contributed by atoms with E-state index in [2.05, 4.69) is 5.32 Å². The molecule has 0 fully saturated rings. The molecule has 5 nitrogen and oxygen atoms in total. The topological polar surface area (TPSA) is 75.6 Å². The maximum absolute atomic E-state index is 11.2. The molecule has 0 saturated carbocycles. The van der Waals surface area contributed by atoms with Gasteiger partial charge in [0.1, 0.15) is 6.04 Å². The first-order valence-electron chi connectivity index (χ1n) is 5.79. The van der Waals surface area contributed by atoms with Gasteiger partial charge >= 0.3 is 11.9 Å². The molecule has 0 aromatic heterocycles. The molecule has 18 heavy (non-hydrogen) atoms. The zero-order chi connectivity index (χ0) is 13.4. The zero-order valence-corrected chi connectivity index (χ0v) is 10.3. The summed E-state index contributed by atoms with van der Waals surface area (Å²) in [6.45, 7) is 2.34. The number of carbonyl (C=O) groups is 2. The van der Waals surface area contributed by atoms with Crippen molar-refractivity contribution in [2.75, 3.05) is 6.61 Å². The van der Waals surface area contributed by atoms with E-state index in [0.29, 0.717) is 6.54 Å². The van der Waals surface area contributed by atoms with Crippen molar-refractivity contribution in [2.24, 2.45) is 0 Å². The Morgan fingerprint density at radius 3 is 2.56 bits per heavy atom. The van der Waals surface area contributed by atoms with Crippen LogP contribution in [0.2, 0.25) is 0 Å². The molecule has 0 spiro atoms. The summed E-state index contributed by atoms with van der Waals surface area (Å²) in [6.07, 6.45) is -0.171. The van der Waals surface area contributed by atoms with Gasteiger partial charge in [0.2, 0.25) is 0 Å². The third-order valence-electron chi connectivity index (χ3n) is 2.37. The smallest absolute Gasteiger partial charge is 0.321 e. The van der Waals surface area contributed by atoms with Gasteiger partial charge in [0.25, 0.3) is 0 Å². The molecule has 0 aliphatic carbocycles. The molecular formula is C13H17NO4. The summed E-state index contributed by atoms with van der Waals surface area (Å²) in [6, 6.07) is 8.48. The molecule has 0 radical (unpaired) electrons. The molecule has 1 aromatic carbocycles. The van der Waals surface area contributed by atoms with Crippen molar-refractivity contribution in [3.63, 3.8) is 0 Å². The monoisotopic (exact) mass is 251 g/mol. The maximum atomic E-state index is 11.2. The van der Waals surface area contributed by atoms with Crippen molar-refractivity contribution < 1.29 is 19.4 Å². The average Bonchev–Trinajstić information content (AvgIpc) is 2.35. The van der Waals surface area contributed by atoms with Crippen LogP contribution < -0.4 is 5.32 Å². The molecule has 1 aromatic rings. The molecule has 0 saturated heterocycles. The highest BCUT2D eigenvalue weighted by molar-refractivity contribution is 5.81. The number of esters is 1. The predicted molar refractivity (Wildman–Crippen MR) is 66.0 cm³/mol. The van der Waals surface area contributed by atoms with E-state index in [1.165, 1.54) is 0 Å². The van der Waals surface area contributed by atoms with E-state index >= 15 is 0 Å². The molecule has 0 aliphatic heterocycles. The fourth-order valence-corrected chi connectivity index (χ4v) is 1.47. The van der Waals surface area contributed by atoms with E-state index in [1.54, 1.807) is 6.92 Å². The molecule has 1 rings (SSSR count). The molecule has 1 atom stereocenters. The van der Waals surface area contributed by atoms with Crippen LogP contribution in [0.25, 0.3) is 0 Å². The Morgan fingerprint density at radius 2 is 2.00 bits per heavy atom. The van der Waals surface area contributed by atoms with Crippen molar-refractivity contribution in [2.45, 2.75) is 25.9 Å². The van der Waals surface area contributed by atoms with Gasteiger partial charge in [-0.15, -0.1) is 0 Å². The van der Waals surface area contributed by atoms with Gasteiger partial charge in [0.05, 0.1) is 13.0 Å². The fourth-order valence-electron chi connectivity index (χ4n) is 1.47. The first kappa shape index (κ1) is 14.2. The summed E-state index contributed by atoms with van der Waals surface area (Å²) in [5, 5.41) is 11.8. The summed E-state index contributed by atoms with van der Waals surface area (Å²) in [7, 11) is 0. The Labute approximate surface area is 106 Å². The molecular weight excluding hydrogens is 234 g/mol. The van der Waals surface area contributed by atoms with Gasteiger partial charge in [-0.3, -0.25) is 14.9 Å². The SMILES string of the molecule is CCOC(=O)C[C@@H](NCc1ccccc1)C(=O)O. The highest BCUT2D eigenvalue weighted by Crippen LogP contribution is 2.01. The van der Waals surface area contributed by atoms with Gasteiger partial charge < -0.3 is 9.84 Å². The fraction of sp³-hybridized carbons (Fsp3) is 0.385. The molecule has 0 heterocycles. The van der Waals surface area contributed by atoms with Crippen LogP contribution in [0.4, 0.5) is 0 Å². The van der Waals surface area contributed by atoms with Crippen LogP contribution in [0.3, 0.4) is 0 Å². The summed E-state index contributed by atoms with van der Waals surface area (Å²) < 4.78 is 4.73. The van der Waals surface area contributed by atoms with Gasteiger partial charge in [-0.2, -0.15) is 0 Å². The van der Waals surface area contributed by atoms with Crippen LogP contribution >= 0.6 is 0 Å². The molecule has 5 heteroatoms. The van der Waals surface area contributed by atoms with Gasteiger partial charge in [-0.05, 0) is 12.5 Å². The minimum absolute atomic E-state index is 0.171. The maximum Gasteiger partial charge on any atom is 0.321 e. The number of carboxylic acid groups (broad SMARTS) is 1. The number of hydrogen-bond donors (Lipinski definition) is 2. The number of aliphatic carboxylic acids is 1. The Kier molecular flexibility index (Phi) is 5.87. The Morgan fingerprint density at radius 1 is 1.33 bits per heavy atom. The van der Waals surface area contributed by atoms with E-state index < -0.39 is 18.0 Å². The standard InChI is InChI=1S/C13H17NO4/c1-2-18-12(15)8-11(13(16)17)14-9-10-6-4-3-5-7-10/h3-7,11,14H,2,8-9H2,1H3,(H,16,17)/t11-/m1/s1. The van der Waals surface area contributed by atoms with E-state index in [9.17, 15) is 9.59 Å². The van der Waals surface area contributed by atoms with Crippen LogP contribution in [0, 0.1) is 0 Å². The number of rotatable bonds is 7. The second kappa shape index (κ2) is 7.45. The lowest BCUT2D eigenvalue weighted by Gasteiger charge is -2.13. The van der Waals surface area contributed by atoms with E-state index in [-0.39, 0.29) is 13.0 Å². The first-order chi connectivity index (χ1) is 8.63. The lowest BCUT2D eigenvalue weighted by Crippen LogP contribution is -2.38. The van der Waals surface area contributed by atoms with Crippen molar-refractivity contribution in [3.8, 4) is 0 Å². The molecule has 0 amide bonds. The van der Waals surface area contributed by atoms with Gasteiger partial charge in [0.15, 0.2) is 0 Å². The summed E-state index contributed by atoms with van der Waals surface area (Å²) in [5.74, 6) is -1.57. The molecule has 2 N–H and O–H groups in total. The molecule has 0 aliphatic rings. The summed E-state index contributed by atoms with van der Waals surface area (Å²) in [4.78, 5) is 22.2. The van der Waals surface area contributed by atoms with Crippen LogP contribution in [0.1, 0.15) is 18.9 Å². The number of nitrogens with one attached hydrogen (secondary N) is 1. The Bertz CT molecular complexity index is 391. The van der Waals surface area contributed by atoms with Crippen LogP contribution in [0.15, 0.2) is 30.3 Å². The second-order valence-corrected chi connectivity index (χ2v) is 3.77. The lowest BCUT2D eigenvalue weighted by molar-refractivity contribution is -0.149. The second-order valence-electron chi connectivity index (χ2n) is 3.77. The number of hydrogen-bond acceptors (Lipinski definition) is 4. The average molecular weight is 251 g/mol. The van der Waals surface area contributed by atoms with Crippen molar-refractivity contribution >= 4 is 11.9 Å². The Balaban J connectivity index is 2.48. The van der Waals surface area contributed by atoms with E-state index in [0.717, 1.165) is 5.56 Å². The molecule has 0 unspecified atom stereocenters. The largest absolute Gasteiger partial charge is 0.480 e. The Hall–Kier alpha value is -1.88. The van der Waals surface area contributed by atoms with Crippen molar-refractivity contribution in [1.82, 2.24) is 5.32 Å². The summed E-state index contributed by atoms with van der Waals surface area (Å²) >= 11 is 0. The molecule has 98 valence electrons. The quantitative estimate of drug-likeness (QED) is 0.712. The highest BCUT2D eigenvalue weighted by Gasteiger charge is 2.21. The highest BCUT2D eigenvalue weighted by atomic mass is 16.5. The van der Waals surface area contributed by atoms with Crippen molar-refractivity contribution in [3.05, 3.63) is 35.9 Å². The normalized spacial score (nSPS) is 11.8. The minimum Gasteiger partial charge on any atom is -0.480 e.